The van der Waals surface area contributed by atoms with Crippen LogP contribution in [0.1, 0.15) is 5.56 Å². The van der Waals surface area contributed by atoms with Crippen LogP contribution in [0.4, 0.5) is 4.39 Å². The zero-order chi connectivity index (χ0) is 18.1. The fraction of sp³-hybridized carbons (Fsp3) is 0.100. The van der Waals surface area contributed by atoms with Gasteiger partial charge in [-0.3, -0.25) is 9.36 Å². The molecule has 0 amide bonds. The summed E-state index contributed by atoms with van der Waals surface area (Å²) in [5, 5.41) is 1.45. The first kappa shape index (κ1) is 16.6. The van der Waals surface area contributed by atoms with E-state index in [1.807, 2.05) is 24.3 Å². The van der Waals surface area contributed by atoms with E-state index in [2.05, 4.69) is 11.6 Å². The third kappa shape index (κ3) is 2.82. The lowest BCUT2D eigenvalue weighted by Crippen LogP contribution is -2.22. The van der Waals surface area contributed by atoms with Crippen LogP contribution in [-0.2, 0) is 12.3 Å². The first-order valence-corrected chi connectivity index (χ1v) is 9.16. The van der Waals surface area contributed by atoms with Crippen molar-refractivity contribution in [3.05, 3.63) is 82.9 Å². The van der Waals surface area contributed by atoms with Crippen LogP contribution >= 0.6 is 11.8 Å². The Bertz CT molecular complexity index is 1180. The first-order chi connectivity index (χ1) is 12.7. The smallest absolute Gasteiger partial charge is 0.278 e. The van der Waals surface area contributed by atoms with E-state index in [-0.39, 0.29) is 11.4 Å². The predicted molar refractivity (Wildman–Crippen MR) is 104 cm³/mol. The number of rotatable bonds is 5. The summed E-state index contributed by atoms with van der Waals surface area (Å²) in [6.07, 6.45) is 1.66. The van der Waals surface area contributed by atoms with Crippen molar-refractivity contribution >= 4 is 33.7 Å². The van der Waals surface area contributed by atoms with Crippen LogP contribution in [0.25, 0.3) is 21.9 Å². The molecule has 2 aromatic carbocycles. The fourth-order valence-electron chi connectivity index (χ4n) is 2.93. The van der Waals surface area contributed by atoms with E-state index in [1.54, 1.807) is 28.8 Å². The average Bonchev–Trinajstić information content (AvgIpc) is 3.03. The van der Waals surface area contributed by atoms with Gasteiger partial charge in [0.15, 0.2) is 5.16 Å². The highest BCUT2D eigenvalue weighted by molar-refractivity contribution is 7.98. The molecule has 0 unspecified atom stereocenters. The van der Waals surface area contributed by atoms with Crippen molar-refractivity contribution in [2.24, 2.45) is 0 Å². The highest BCUT2D eigenvalue weighted by Crippen LogP contribution is 2.27. The molecule has 0 saturated heterocycles. The first-order valence-electron chi connectivity index (χ1n) is 8.17. The molecule has 0 aliphatic heterocycles. The molecule has 0 aliphatic rings. The Kier molecular flexibility index (Phi) is 4.34. The highest BCUT2D eigenvalue weighted by Gasteiger charge is 2.15. The summed E-state index contributed by atoms with van der Waals surface area (Å²) in [4.78, 5) is 20.8. The van der Waals surface area contributed by atoms with Crippen LogP contribution in [0.3, 0.4) is 0 Å². The second-order valence-corrected chi connectivity index (χ2v) is 6.82. The molecule has 26 heavy (non-hydrogen) atoms. The maximum absolute atomic E-state index is 13.9. The molecular weight excluding hydrogens is 349 g/mol. The number of thioether (sulfide) groups is 1. The van der Waals surface area contributed by atoms with Crippen molar-refractivity contribution in [3.63, 3.8) is 0 Å². The lowest BCUT2D eigenvalue weighted by atomic mass is 10.2. The molecule has 6 heteroatoms. The van der Waals surface area contributed by atoms with E-state index in [4.69, 9.17) is 4.98 Å². The van der Waals surface area contributed by atoms with Gasteiger partial charge in [0.25, 0.3) is 5.56 Å². The molecule has 130 valence electrons. The summed E-state index contributed by atoms with van der Waals surface area (Å²) in [6, 6.07) is 14.3. The summed E-state index contributed by atoms with van der Waals surface area (Å²) < 4.78 is 15.5. The van der Waals surface area contributed by atoms with Crippen molar-refractivity contribution in [1.82, 2.24) is 14.5 Å². The summed E-state index contributed by atoms with van der Waals surface area (Å²) in [6.45, 7) is 4.07. The number of benzene rings is 2. The highest BCUT2D eigenvalue weighted by atomic mass is 32.2. The molecule has 0 bridgehead atoms. The number of allylic oxidation sites excluding steroid dienone is 1. The van der Waals surface area contributed by atoms with Gasteiger partial charge in [-0.25, -0.2) is 9.37 Å². The van der Waals surface area contributed by atoms with Crippen LogP contribution in [0.2, 0.25) is 0 Å². The molecule has 4 nitrogen and oxygen atoms in total. The van der Waals surface area contributed by atoms with Gasteiger partial charge in [0, 0.05) is 23.2 Å². The molecule has 0 aliphatic carbocycles. The quantitative estimate of drug-likeness (QED) is 0.322. The molecule has 1 N–H and O–H groups in total. The molecule has 0 saturated carbocycles. The van der Waals surface area contributed by atoms with E-state index in [0.717, 1.165) is 10.9 Å². The third-order valence-corrected chi connectivity index (χ3v) is 5.23. The SMILES string of the molecule is C=CCn1c(SCc2ccccc2F)nc2c([nH]c3ccccc32)c1=O. The number of para-hydroxylation sites is 1. The van der Waals surface area contributed by atoms with Crippen molar-refractivity contribution in [3.8, 4) is 0 Å². The molecule has 0 fully saturated rings. The monoisotopic (exact) mass is 365 g/mol. The number of hydrogen-bond acceptors (Lipinski definition) is 3. The average molecular weight is 365 g/mol. The Hall–Kier alpha value is -2.86. The van der Waals surface area contributed by atoms with E-state index >= 15 is 0 Å². The molecule has 4 rings (SSSR count). The number of H-pyrrole nitrogens is 1. The van der Waals surface area contributed by atoms with Crippen molar-refractivity contribution in [1.29, 1.82) is 0 Å². The Morgan fingerprint density at radius 3 is 2.77 bits per heavy atom. The normalized spacial score (nSPS) is 11.3. The molecule has 4 aromatic rings. The summed E-state index contributed by atoms with van der Waals surface area (Å²) >= 11 is 1.35. The van der Waals surface area contributed by atoms with E-state index in [0.29, 0.717) is 34.1 Å². The van der Waals surface area contributed by atoms with Crippen molar-refractivity contribution in [2.75, 3.05) is 0 Å². The zero-order valence-electron chi connectivity index (χ0n) is 13.9. The lowest BCUT2D eigenvalue weighted by molar-refractivity contribution is 0.617. The van der Waals surface area contributed by atoms with Gasteiger partial charge in [0.1, 0.15) is 16.9 Å². The minimum absolute atomic E-state index is 0.151. The second kappa shape index (κ2) is 6.80. The largest absolute Gasteiger partial charge is 0.349 e. The number of aromatic nitrogens is 3. The van der Waals surface area contributed by atoms with Gasteiger partial charge in [-0.1, -0.05) is 54.2 Å². The Morgan fingerprint density at radius 1 is 1.19 bits per heavy atom. The third-order valence-electron chi connectivity index (χ3n) is 4.20. The number of nitrogens with one attached hydrogen (secondary N) is 1. The van der Waals surface area contributed by atoms with E-state index < -0.39 is 0 Å². The number of halogens is 1. The molecule has 0 atom stereocenters. The van der Waals surface area contributed by atoms with Gasteiger partial charge in [-0.15, -0.1) is 6.58 Å². The zero-order valence-corrected chi connectivity index (χ0v) is 14.7. The fourth-order valence-corrected chi connectivity index (χ4v) is 3.92. The minimum atomic E-state index is -0.259. The summed E-state index contributed by atoms with van der Waals surface area (Å²) in [5.74, 6) is 0.134. The Balaban J connectivity index is 1.85. The van der Waals surface area contributed by atoms with Gasteiger partial charge in [0.2, 0.25) is 0 Å². The van der Waals surface area contributed by atoms with Crippen LogP contribution in [0, 0.1) is 5.82 Å². The van der Waals surface area contributed by atoms with Crippen LogP contribution < -0.4 is 5.56 Å². The number of fused-ring (bicyclic) bond motifs is 3. The Labute approximate surface area is 153 Å². The Morgan fingerprint density at radius 2 is 1.96 bits per heavy atom. The predicted octanol–water partition coefficient (Wildman–Crippen LogP) is 4.50. The second-order valence-electron chi connectivity index (χ2n) is 5.87. The van der Waals surface area contributed by atoms with Crippen LogP contribution in [0.15, 0.2) is 71.1 Å². The van der Waals surface area contributed by atoms with Gasteiger partial charge in [-0.2, -0.15) is 0 Å². The summed E-state index contributed by atoms with van der Waals surface area (Å²) in [5.41, 5.74) is 2.41. The molecule has 2 aromatic heterocycles. The number of nitrogens with zero attached hydrogens (tertiary/aromatic N) is 2. The van der Waals surface area contributed by atoms with Gasteiger partial charge >= 0.3 is 0 Å². The van der Waals surface area contributed by atoms with Gasteiger partial charge in [-0.05, 0) is 17.7 Å². The maximum Gasteiger partial charge on any atom is 0.278 e. The molecule has 0 radical (unpaired) electrons. The van der Waals surface area contributed by atoms with Gasteiger partial charge < -0.3 is 4.98 Å². The minimum Gasteiger partial charge on any atom is -0.349 e. The molecule has 0 spiro atoms. The van der Waals surface area contributed by atoms with Crippen molar-refractivity contribution < 1.29 is 4.39 Å². The van der Waals surface area contributed by atoms with Crippen LogP contribution in [0.5, 0.6) is 0 Å². The molecule has 2 heterocycles. The maximum atomic E-state index is 13.9. The molecular formula is C20H16FN3OS. The standard InChI is InChI=1S/C20H16FN3OS/c1-2-11-24-19(25)18-17(14-8-4-6-10-16(14)22-18)23-20(24)26-12-13-7-3-5-9-15(13)21/h2-10,22H,1,11-12H2. The summed E-state index contributed by atoms with van der Waals surface area (Å²) in [7, 11) is 0. The lowest BCUT2D eigenvalue weighted by Gasteiger charge is -2.10. The number of aromatic amines is 1. The topological polar surface area (TPSA) is 50.7 Å². The van der Waals surface area contributed by atoms with Gasteiger partial charge in [0.05, 0.1) is 0 Å². The van der Waals surface area contributed by atoms with E-state index in [1.165, 1.54) is 17.8 Å². The van der Waals surface area contributed by atoms with Crippen LogP contribution in [-0.4, -0.2) is 14.5 Å². The van der Waals surface area contributed by atoms with E-state index in [9.17, 15) is 9.18 Å². The van der Waals surface area contributed by atoms with Crippen molar-refractivity contribution in [2.45, 2.75) is 17.5 Å². The number of hydrogen-bond donors (Lipinski definition) is 1.